The molecule has 18 heavy (non-hydrogen) atoms. The molecule has 3 rings (SSSR count). The van der Waals surface area contributed by atoms with Crippen molar-refractivity contribution in [1.82, 2.24) is 14.9 Å². The van der Waals surface area contributed by atoms with Crippen LogP contribution >= 0.6 is 0 Å². The fourth-order valence-electron chi connectivity index (χ4n) is 2.27. The van der Waals surface area contributed by atoms with Crippen molar-refractivity contribution in [2.24, 2.45) is 5.92 Å². The first-order chi connectivity index (χ1) is 8.81. The number of hydrogen-bond acceptors (Lipinski definition) is 4. The number of amides is 1. The van der Waals surface area contributed by atoms with E-state index in [1.165, 1.54) is 12.8 Å². The zero-order chi connectivity index (χ0) is 12.4. The van der Waals surface area contributed by atoms with E-state index < -0.39 is 0 Å². The van der Waals surface area contributed by atoms with Crippen LogP contribution < -0.4 is 4.74 Å². The van der Waals surface area contributed by atoms with Crippen molar-refractivity contribution in [3.8, 4) is 5.88 Å². The minimum Gasteiger partial charge on any atom is -0.471 e. The number of rotatable bonds is 4. The van der Waals surface area contributed by atoms with E-state index in [9.17, 15) is 4.79 Å². The van der Waals surface area contributed by atoms with Gasteiger partial charge >= 0.3 is 0 Å². The second-order valence-corrected chi connectivity index (χ2v) is 5.06. The number of likely N-dealkylation sites (tertiary alicyclic amines) is 1. The number of carbonyl (C=O) groups excluding carboxylic acids is 1. The normalized spacial score (nSPS) is 23.1. The van der Waals surface area contributed by atoms with Crippen LogP contribution in [0.2, 0.25) is 0 Å². The second-order valence-electron chi connectivity index (χ2n) is 5.06. The molecule has 0 radical (unpaired) electrons. The summed E-state index contributed by atoms with van der Waals surface area (Å²) >= 11 is 0. The first-order valence-electron chi connectivity index (χ1n) is 6.52. The van der Waals surface area contributed by atoms with Gasteiger partial charge < -0.3 is 9.64 Å². The van der Waals surface area contributed by atoms with Crippen LogP contribution in [-0.2, 0) is 4.79 Å². The first kappa shape index (κ1) is 11.4. The number of nitrogens with zero attached hydrogens (tertiary/aromatic N) is 3. The summed E-state index contributed by atoms with van der Waals surface area (Å²) in [5, 5.41) is 0. The Bertz CT molecular complexity index is 420. The fraction of sp³-hybridized carbons (Fsp3) is 0.615. The van der Waals surface area contributed by atoms with Crippen LogP contribution in [0.4, 0.5) is 0 Å². The Balaban J connectivity index is 1.50. The Morgan fingerprint density at radius 2 is 2.28 bits per heavy atom. The first-order valence-corrected chi connectivity index (χ1v) is 6.52. The van der Waals surface area contributed by atoms with Gasteiger partial charge in [-0.3, -0.25) is 9.78 Å². The average molecular weight is 247 g/mol. The maximum absolute atomic E-state index is 11.9. The molecule has 1 atom stereocenters. The van der Waals surface area contributed by atoms with Crippen LogP contribution in [0.25, 0.3) is 0 Å². The van der Waals surface area contributed by atoms with Crippen molar-refractivity contribution in [1.29, 1.82) is 0 Å². The topological polar surface area (TPSA) is 55.3 Å². The molecule has 2 fully saturated rings. The van der Waals surface area contributed by atoms with Gasteiger partial charge in [0.1, 0.15) is 6.10 Å². The van der Waals surface area contributed by atoms with Crippen molar-refractivity contribution in [3.63, 3.8) is 0 Å². The maximum atomic E-state index is 11.9. The molecule has 0 bridgehead atoms. The average Bonchev–Trinajstić information content (AvgIpc) is 3.07. The zero-order valence-corrected chi connectivity index (χ0v) is 10.3. The molecule has 2 heterocycles. The summed E-state index contributed by atoms with van der Waals surface area (Å²) in [6, 6.07) is 0. The zero-order valence-electron chi connectivity index (χ0n) is 10.3. The van der Waals surface area contributed by atoms with Gasteiger partial charge in [0.2, 0.25) is 11.8 Å². The Morgan fingerprint density at radius 1 is 1.39 bits per heavy atom. The van der Waals surface area contributed by atoms with E-state index in [0.717, 1.165) is 19.4 Å². The molecule has 0 N–H and O–H groups in total. The van der Waals surface area contributed by atoms with Crippen LogP contribution in [0.1, 0.15) is 25.7 Å². The summed E-state index contributed by atoms with van der Waals surface area (Å²) in [5.41, 5.74) is 0. The SMILES string of the molecule is O=C(CC1CC1)N1CC[C@H](Oc2cnccn2)C1. The summed E-state index contributed by atoms with van der Waals surface area (Å²) in [5.74, 6) is 1.47. The van der Waals surface area contributed by atoms with Crippen molar-refractivity contribution in [2.75, 3.05) is 13.1 Å². The van der Waals surface area contributed by atoms with E-state index in [4.69, 9.17) is 4.74 Å². The van der Waals surface area contributed by atoms with Crippen molar-refractivity contribution >= 4 is 5.91 Å². The van der Waals surface area contributed by atoms with Gasteiger partial charge in [-0.2, -0.15) is 0 Å². The van der Waals surface area contributed by atoms with Crippen LogP contribution in [0.3, 0.4) is 0 Å². The van der Waals surface area contributed by atoms with Gasteiger partial charge in [-0.25, -0.2) is 4.98 Å². The summed E-state index contributed by atoms with van der Waals surface area (Å²) in [7, 11) is 0. The third-order valence-corrected chi connectivity index (χ3v) is 3.48. The minimum absolute atomic E-state index is 0.0600. The molecular formula is C13H17N3O2. The minimum atomic E-state index is 0.0600. The Morgan fingerprint density at radius 3 is 3.00 bits per heavy atom. The van der Waals surface area contributed by atoms with Gasteiger partial charge in [-0.05, 0) is 18.8 Å². The quantitative estimate of drug-likeness (QED) is 0.803. The Labute approximate surface area is 106 Å². The largest absolute Gasteiger partial charge is 0.471 e. The van der Waals surface area contributed by atoms with Crippen LogP contribution in [0.15, 0.2) is 18.6 Å². The lowest BCUT2D eigenvalue weighted by molar-refractivity contribution is -0.130. The van der Waals surface area contributed by atoms with Gasteiger partial charge in [0.05, 0.1) is 12.7 Å². The van der Waals surface area contributed by atoms with Crippen LogP contribution in [-0.4, -0.2) is 40.0 Å². The van der Waals surface area contributed by atoms with Gasteiger partial charge in [-0.1, -0.05) is 0 Å². The molecule has 96 valence electrons. The van der Waals surface area contributed by atoms with Crippen molar-refractivity contribution < 1.29 is 9.53 Å². The van der Waals surface area contributed by atoms with Crippen LogP contribution in [0, 0.1) is 5.92 Å². The highest BCUT2D eigenvalue weighted by Crippen LogP contribution is 2.33. The van der Waals surface area contributed by atoms with Crippen LogP contribution in [0.5, 0.6) is 5.88 Å². The highest BCUT2D eigenvalue weighted by Gasteiger charge is 2.31. The second kappa shape index (κ2) is 4.92. The van der Waals surface area contributed by atoms with E-state index >= 15 is 0 Å². The Kier molecular flexibility index (Phi) is 3.13. The molecule has 1 aliphatic heterocycles. The molecule has 0 unspecified atom stereocenters. The maximum Gasteiger partial charge on any atom is 0.232 e. The highest BCUT2D eigenvalue weighted by atomic mass is 16.5. The van der Waals surface area contributed by atoms with Crippen molar-refractivity contribution in [2.45, 2.75) is 31.8 Å². The third-order valence-electron chi connectivity index (χ3n) is 3.48. The molecule has 5 nitrogen and oxygen atoms in total. The van der Waals surface area contributed by atoms with E-state index in [-0.39, 0.29) is 12.0 Å². The molecule has 1 saturated carbocycles. The molecular weight excluding hydrogens is 230 g/mol. The third kappa shape index (κ3) is 2.78. The molecule has 1 aromatic heterocycles. The monoisotopic (exact) mass is 247 g/mol. The summed E-state index contributed by atoms with van der Waals surface area (Å²) in [4.78, 5) is 21.9. The highest BCUT2D eigenvalue weighted by molar-refractivity contribution is 5.77. The van der Waals surface area contributed by atoms with Gasteiger partial charge in [-0.15, -0.1) is 0 Å². The smallest absolute Gasteiger partial charge is 0.232 e. The molecule has 0 spiro atoms. The van der Waals surface area contributed by atoms with Gasteiger partial charge in [0.25, 0.3) is 0 Å². The van der Waals surface area contributed by atoms with E-state index in [2.05, 4.69) is 9.97 Å². The van der Waals surface area contributed by atoms with E-state index in [0.29, 0.717) is 18.3 Å². The van der Waals surface area contributed by atoms with Gasteiger partial charge in [0, 0.05) is 31.8 Å². The predicted octanol–water partition coefficient (Wildman–Crippen LogP) is 1.26. The lowest BCUT2D eigenvalue weighted by Gasteiger charge is -2.16. The number of carbonyl (C=O) groups is 1. The standard InChI is InChI=1S/C13H17N3O2/c17-13(7-10-1-2-10)16-6-3-11(9-16)18-12-8-14-4-5-15-12/h4-5,8,10-11H,1-3,6-7,9H2/t11-/m0/s1. The predicted molar refractivity (Wildman–Crippen MR) is 65.0 cm³/mol. The van der Waals surface area contributed by atoms with E-state index in [1.807, 2.05) is 4.90 Å². The molecule has 1 saturated heterocycles. The number of aromatic nitrogens is 2. The van der Waals surface area contributed by atoms with Crippen molar-refractivity contribution in [3.05, 3.63) is 18.6 Å². The lowest BCUT2D eigenvalue weighted by Crippen LogP contribution is -2.31. The summed E-state index contributed by atoms with van der Waals surface area (Å²) in [6.45, 7) is 1.48. The molecule has 2 aliphatic rings. The number of hydrogen-bond donors (Lipinski definition) is 0. The molecule has 5 heteroatoms. The lowest BCUT2D eigenvalue weighted by atomic mass is 10.2. The molecule has 0 aromatic carbocycles. The van der Waals surface area contributed by atoms with E-state index in [1.54, 1.807) is 18.6 Å². The summed E-state index contributed by atoms with van der Waals surface area (Å²) < 4.78 is 5.71. The fourth-order valence-corrected chi connectivity index (χ4v) is 2.27. The van der Waals surface area contributed by atoms with Gasteiger partial charge in [0.15, 0.2) is 0 Å². The number of ether oxygens (including phenoxy) is 1. The molecule has 1 amide bonds. The molecule has 1 aromatic rings. The summed E-state index contributed by atoms with van der Waals surface area (Å²) in [6.07, 6.45) is 8.94. The molecule has 1 aliphatic carbocycles. The Hall–Kier alpha value is -1.65.